The van der Waals surface area contributed by atoms with E-state index in [1.54, 1.807) is 0 Å². The van der Waals surface area contributed by atoms with Gasteiger partial charge in [-0.25, -0.2) is 0 Å². The van der Waals surface area contributed by atoms with E-state index in [2.05, 4.69) is 17.0 Å². The average Bonchev–Trinajstić information content (AvgIpc) is 2.64. The number of rotatable bonds is 5. The number of hydrogen-bond acceptors (Lipinski definition) is 3. The zero-order valence-electron chi connectivity index (χ0n) is 15.3. The van der Waals surface area contributed by atoms with Crippen molar-refractivity contribution in [2.45, 2.75) is 26.4 Å². The first-order valence-corrected chi connectivity index (χ1v) is 8.66. The molecule has 0 aromatic heterocycles. The van der Waals surface area contributed by atoms with Gasteiger partial charge < -0.3 is 9.64 Å². The van der Waals surface area contributed by atoms with E-state index < -0.39 is 0 Å². The first-order chi connectivity index (χ1) is 12.5. The molecule has 26 heavy (non-hydrogen) atoms. The lowest BCUT2D eigenvalue weighted by Gasteiger charge is -2.26. The van der Waals surface area contributed by atoms with Gasteiger partial charge >= 0.3 is 0 Å². The topological polar surface area (TPSA) is 29.5 Å². The molecule has 0 radical (unpaired) electrons. The fourth-order valence-corrected chi connectivity index (χ4v) is 2.74. The third kappa shape index (κ3) is 4.31. The van der Waals surface area contributed by atoms with Crippen LogP contribution in [0, 0.1) is 0 Å². The SMILES string of the molecule is CC(C)(C)Oc1ccc(N(c2ccccc2)c2ccc(C=O)cc2)cc1. The lowest BCUT2D eigenvalue weighted by Crippen LogP contribution is -2.22. The van der Waals surface area contributed by atoms with Crippen molar-refractivity contribution >= 4 is 23.3 Å². The van der Waals surface area contributed by atoms with Gasteiger partial charge in [0.25, 0.3) is 0 Å². The van der Waals surface area contributed by atoms with Crippen molar-refractivity contribution in [2.24, 2.45) is 0 Å². The van der Waals surface area contributed by atoms with Crippen LogP contribution in [0.5, 0.6) is 5.75 Å². The maximum absolute atomic E-state index is 11.0. The largest absolute Gasteiger partial charge is 0.488 e. The zero-order chi connectivity index (χ0) is 18.6. The lowest BCUT2D eigenvalue weighted by molar-refractivity contribution is 0.112. The normalized spacial score (nSPS) is 11.0. The number of para-hydroxylation sites is 1. The van der Waals surface area contributed by atoms with E-state index >= 15 is 0 Å². The summed E-state index contributed by atoms with van der Waals surface area (Å²) in [5.41, 5.74) is 3.50. The summed E-state index contributed by atoms with van der Waals surface area (Å²) in [6, 6.07) is 25.8. The zero-order valence-corrected chi connectivity index (χ0v) is 15.3. The number of carbonyl (C=O) groups excluding carboxylic acids is 1. The van der Waals surface area contributed by atoms with Crippen LogP contribution in [0.4, 0.5) is 17.1 Å². The van der Waals surface area contributed by atoms with E-state index in [1.165, 1.54) is 0 Å². The summed E-state index contributed by atoms with van der Waals surface area (Å²) in [7, 11) is 0. The molecule has 132 valence electrons. The summed E-state index contributed by atoms with van der Waals surface area (Å²) >= 11 is 0. The summed E-state index contributed by atoms with van der Waals surface area (Å²) in [5.74, 6) is 0.838. The van der Waals surface area contributed by atoms with Crippen molar-refractivity contribution in [1.29, 1.82) is 0 Å². The summed E-state index contributed by atoms with van der Waals surface area (Å²) in [6.45, 7) is 6.10. The fraction of sp³-hybridized carbons (Fsp3) is 0.174. The Morgan fingerprint density at radius 1 is 0.731 bits per heavy atom. The Balaban J connectivity index is 1.99. The first kappa shape index (κ1) is 17.7. The highest BCUT2D eigenvalue weighted by molar-refractivity contribution is 5.80. The van der Waals surface area contributed by atoms with E-state index in [1.807, 2.05) is 87.5 Å². The molecule has 3 nitrogen and oxygen atoms in total. The molecule has 0 saturated heterocycles. The minimum Gasteiger partial charge on any atom is -0.488 e. The standard InChI is InChI=1S/C23H23NO2/c1-23(2,3)26-22-15-13-21(14-16-22)24(19-7-5-4-6-8-19)20-11-9-18(17-25)10-12-20/h4-17H,1-3H3. The number of ether oxygens (including phenoxy) is 1. The van der Waals surface area contributed by atoms with Crippen LogP contribution < -0.4 is 9.64 Å². The van der Waals surface area contributed by atoms with Crippen LogP contribution in [0.15, 0.2) is 78.9 Å². The van der Waals surface area contributed by atoms with Crippen molar-refractivity contribution < 1.29 is 9.53 Å². The molecule has 0 aliphatic carbocycles. The van der Waals surface area contributed by atoms with Gasteiger partial charge in [0.2, 0.25) is 0 Å². The molecule has 0 atom stereocenters. The van der Waals surface area contributed by atoms with Gasteiger partial charge in [-0.1, -0.05) is 18.2 Å². The molecule has 0 bridgehead atoms. The van der Waals surface area contributed by atoms with Gasteiger partial charge in [0, 0.05) is 22.6 Å². The highest BCUT2D eigenvalue weighted by atomic mass is 16.5. The number of carbonyl (C=O) groups is 1. The third-order valence-corrected chi connectivity index (χ3v) is 3.82. The van der Waals surface area contributed by atoms with Gasteiger partial charge in [-0.2, -0.15) is 0 Å². The predicted molar refractivity (Wildman–Crippen MR) is 107 cm³/mol. The molecule has 3 aromatic rings. The second-order valence-electron chi connectivity index (χ2n) is 7.09. The molecule has 0 fully saturated rings. The Morgan fingerprint density at radius 2 is 1.23 bits per heavy atom. The molecular weight excluding hydrogens is 322 g/mol. The van der Waals surface area contributed by atoms with Gasteiger partial charge in [0.05, 0.1) is 0 Å². The third-order valence-electron chi connectivity index (χ3n) is 3.82. The van der Waals surface area contributed by atoms with Gasteiger partial charge in [-0.15, -0.1) is 0 Å². The summed E-state index contributed by atoms with van der Waals surface area (Å²) in [4.78, 5) is 13.1. The second-order valence-corrected chi connectivity index (χ2v) is 7.09. The molecule has 3 rings (SSSR count). The highest BCUT2D eigenvalue weighted by Crippen LogP contribution is 2.35. The molecule has 3 heteroatoms. The Hall–Kier alpha value is -3.07. The van der Waals surface area contributed by atoms with E-state index in [9.17, 15) is 4.79 Å². The Labute approximate surface area is 154 Å². The van der Waals surface area contributed by atoms with Gasteiger partial charge in [-0.3, -0.25) is 4.79 Å². The Morgan fingerprint density at radius 3 is 1.73 bits per heavy atom. The molecule has 0 aliphatic heterocycles. The number of aldehydes is 1. The molecule has 0 spiro atoms. The Bertz CT molecular complexity index is 847. The Kier molecular flexibility index (Phi) is 5.08. The second kappa shape index (κ2) is 7.44. The van der Waals surface area contributed by atoms with Gasteiger partial charge in [0.1, 0.15) is 17.6 Å². The maximum atomic E-state index is 11.0. The molecule has 0 aliphatic rings. The van der Waals surface area contributed by atoms with Crippen molar-refractivity contribution in [2.75, 3.05) is 4.90 Å². The lowest BCUT2D eigenvalue weighted by atomic mass is 10.1. The summed E-state index contributed by atoms with van der Waals surface area (Å²) in [6.07, 6.45) is 0.856. The molecule has 0 saturated carbocycles. The predicted octanol–water partition coefficient (Wildman–Crippen LogP) is 6.15. The summed E-state index contributed by atoms with van der Waals surface area (Å²) in [5, 5.41) is 0. The molecule has 0 N–H and O–H groups in total. The van der Waals surface area contributed by atoms with E-state index in [-0.39, 0.29) is 5.60 Å². The first-order valence-electron chi connectivity index (χ1n) is 8.66. The van der Waals surface area contributed by atoms with Crippen LogP contribution in [0.2, 0.25) is 0 Å². The summed E-state index contributed by atoms with van der Waals surface area (Å²) < 4.78 is 5.92. The smallest absolute Gasteiger partial charge is 0.150 e. The minimum absolute atomic E-state index is 0.231. The van der Waals surface area contributed by atoms with Crippen LogP contribution in [0.25, 0.3) is 0 Å². The highest BCUT2D eigenvalue weighted by Gasteiger charge is 2.14. The van der Waals surface area contributed by atoms with Gasteiger partial charge in [0.15, 0.2) is 0 Å². The molecule has 0 heterocycles. The van der Waals surface area contributed by atoms with Crippen molar-refractivity contribution in [3.05, 3.63) is 84.4 Å². The van der Waals surface area contributed by atoms with Crippen LogP contribution >= 0.6 is 0 Å². The van der Waals surface area contributed by atoms with Crippen molar-refractivity contribution in [1.82, 2.24) is 0 Å². The van der Waals surface area contributed by atoms with Crippen LogP contribution in [-0.2, 0) is 0 Å². The quantitative estimate of drug-likeness (QED) is 0.520. The monoisotopic (exact) mass is 345 g/mol. The molecule has 3 aromatic carbocycles. The van der Waals surface area contributed by atoms with Crippen LogP contribution in [-0.4, -0.2) is 11.9 Å². The number of benzene rings is 3. The van der Waals surface area contributed by atoms with E-state index in [0.29, 0.717) is 5.56 Å². The van der Waals surface area contributed by atoms with E-state index in [0.717, 1.165) is 29.1 Å². The fourth-order valence-electron chi connectivity index (χ4n) is 2.74. The average molecular weight is 345 g/mol. The van der Waals surface area contributed by atoms with Crippen molar-refractivity contribution in [3.8, 4) is 5.75 Å². The van der Waals surface area contributed by atoms with Crippen molar-refractivity contribution in [3.63, 3.8) is 0 Å². The van der Waals surface area contributed by atoms with Gasteiger partial charge in [-0.05, 0) is 81.4 Å². The molecular formula is C23H23NO2. The molecule has 0 amide bonds. The van der Waals surface area contributed by atoms with Crippen LogP contribution in [0.3, 0.4) is 0 Å². The number of anilines is 3. The minimum atomic E-state index is -0.231. The maximum Gasteiger partial charge on any atom is 0.150 e. The van der Waals surface area contributed by atoms with Crippen LogP contribution in [0.1, 0.15) is 31.1 Å². The molecule has 0 unspecified atom stereocenters. The number of hydrogen-bond donors (Lipinski definition) is 0. The number of nitrogens with zero attached hydrogens (tertiary/aromatic N) is 1. The van der Waals surface area contributed by atoms with E-state index in [4.69, 9.17) is 4.74 Å².